The van der Waals surface area contributed by atoms with Crippen molar-refractivity contribution >= 4 is 27.4 Å². The van der Waals surface area contributed by atoms with Crippen molar-refractivity contribution in [3.63, 3.8) is 0 Å². The molecule has 8 heteroatoms. The fourth-order valence-corrected chi connectivity index (χ4v) is 2.70. The maximum Gasteiger partial charge on any atom is 0.266 e. The summed E-state index contributed by atoms with van der Waals surface area (Å²) in [4.78, 5) is 6.96. The Morgan fingerprint density at radius 2 is 2.05 bits per heavy atom. The minimum Gasteiger partial charge on any atom is -0.262 e. The quantitative estimate of drug-likeness (QED) is 0.945. The molecule has 2 aromatic rings. The standard InChI is InChI=1S/C11H9ClFN3O2S/c1-7-2-3-8(13)9(4-7)19(17,18)16-11-6-14-5-10(12)15-11/h2-6H,1H3,(H,15,16). The van der Waals surface area contributed by atoms with Gasteiger partial charge in [-0.1, -0.05) is 17.7 Å². The lowest BCUT2D eigenvalue weighted by Gasteiger charge is -2.08. The molecule has 0 fully saturated rings. The Morgan fingerprint density at radius 3 is 2.74 bits per heavy atom. The van der Waals surface area contributed by atoms with Gasteiger partial charge >= 0.3 is 0 Å². The van der Waals surface area contributed by atoms with Crippen molar-refractivity contribution in [3.05, 3.63) is 47.1 Å². The number of aryl methyl sites for hydroxylation is 1. The largest absolute Gasteiger partial charge is 0.266 e. The summed E-state index contributed by atoms with van der Waals surface area (Å²) in [5.74, 6) is -0.915. The van der Waals surface area contributed by atoms with E-state index >= 15 is 0 Å². The van der Waals surface area contributed by atoms with Gasteiger partial charge in [0.15, 0.2) is 5.82 Å². The number of anilines is 1. The second kappa shape index (κ2) is 5.10. The maximum absolute atomic E-state index is 13.6. The SMILES string of the molecule is Cc1ccc(F)c(S(=O)(=O)Nc2cncc(Cl)n2)c1. The first-order valence-corrected chi connectivity index (χ1v) is 7.01. The molecule has 1 heterocycles. The Balaban J connectivity index is 2.40. The van der Waals surface area contributed by atoms with Crippen LogP contribution in [0.2, 0.25) is 5.15 Å². The minimum atomic E-state index is -4.07. The van der Waals surface area contributed by atoms with Crippen molar-refractivity contribution in [2.45, 2.75) is 11.8 Å². The van der Waals surface area contributed by atoms with Crippen LogP contribution in [0.3, 0.4) is 0 Å². The molecule has 0 amide bonds. The second-order valence-corrected chi connectivity index (χ2v) is 5.80. The molecular weight excluding hydrogens is 293 g/mol. The molecular formula is C11H9ClFN3O2S. The van der Waals surface area contributed by atoms with Gasteiger partial charge in [0.25, 0.3) is 10.0 Å². The molecule has 0 radical (unpaired) electrons. The number of hydrogen-bond acceptors (Lipinski definition) is 4. The maximum atomic E-state index is 13.6. The van der Waals surface area contributed by atoms with Crippen molar-refractivity contribution in [2.75, 3.05) is 4.72 Å². The van der Waals surface area contributed by atoms with Crippen LogP contribution in [-0.4, -0.2) is 18.4 Å². The van der Waals surface area contributed by atoms with Gasteiger partial charge in [-0.05, 0) is 24.6 Å². The van der Waals surface area contributed by atoms with Gasteiger partial charge in [-0.25, -0.2) is 17.8 Å². The first kappa shape index (κ1) is 13.7. The zero-order valence-electron chi connectivity index (χ0n) is 9.76. The zero-order valence-corrected chi connectivity index (χ0v) is 11.3. The van der Waals surface area contributed by atoms with Gasteiger partial charge in [0, 0.05) is 0 Å². The Morgan fingerprint density at radius 1 is 1.32 bits per heavy atom. The van der Waals surface area contributed by atoms with Gasteiger partial charge in [0.2, 0.25) is 0 Å². The van der Waals surface area contributed by atoms with Gasteiger partial charge in [0.1, 0.15) is 15.9 Å². The summed E-state index contributed by atoms with van der Waals surface area (Å²) >= 11 is 5.59. The summed E-state index contributed by atoms with van der Waals surface area (Å²) in [5.41, 5.74) is 0.624. The van der Waals surface area contributed by atoms with E-state index in [9.17, 15) is 12.8 Å². The Bertz CT molecular complexity index is 722. The van der Waals surface area contributed by atoms with E-state index in [4.69, 9.17) is 11.6 Å². The van der Waals surface area contributed by atoms with E-state index in [1.54, 1.807) is 6.92 Å². The minimum absolute atomic E-state index is 0.0323. The number of nitrogens with one attached hydrogen (secondary N) is 1. The first-order chi connectivity index (χ1) is 8.88. The highest BCUT2D eigenvalue weighted by atomic mass is 35.5. The summed E-state index contributed by atoms with van der Waals surface area (Å²) < 4.78 is 39.7. The molecule has 0 saturated heterocycles. The number of nitrogens with zero attached hydrogens (tertiary/aromatic N) is 2. The van der Waals surface area contributed by atoms with E-state index in [2.05, 4.69) is 14.7 Å². The highest BCUT2D eigenvalue weighted by Crippen LogP contribution is 2.19. The number of hydrogen-bond donors (Lipinski definition) is 1. The third-order valence-electron chi connectivity index (χ3n) is 2.22. The van der Waals surface area contributed by atoms with Gasteiger partial charge in [-0.15, -0.1) is 0 Å². The summed E-state index contributed by atoms with van der Waals surface area (Å²) in [7, 11) is -4.07. The van der Waals surface area contributed by atoms with Crippen LogP contribution in [0, 0.1) is 12.7 Å². The van der Waals surface area contributed by atoms with Crippen molar-refractivity contribution in [2.24, 2.45) is 0 Å². The molecule has 2 rings (SSSR count). The molecule has 0 aliphatic heterocycles. The lowest BCUT2D eigenvalue weighted by atomic mass is 10.2. The van der Waals surface area contributed by atoms with E-state index < -0.39 is 20.7 Å². The third kappa shape index (κ3) is 3.18. The molecule has 0 saturated carbocycles. The van der Waals surface area contributed by atoms with Crippen LogP contribution >= 0.6 is 11.6 Å². The van der Waals surface area contributed by atoms with Crippen molar-refractivity contribution < 1.29 is 12.8 Å². The molecule has 1 aromatic carbocycles. The van der Waals surface area contributed by atoms with E-state index in [1.807, 2.05) is 0 Å². The van der Waals surface area contributed by atoms with Crippen LogP contribution in [0.1, 0.15) is 5.56 Å². The monoisotopic (exact) mass is 301 g/mol. The van der Waals surface area contributed by atoms with Crippen LogP contribution in [0.5, 0.6) is 0 Å². The molecule has 19 heavy (non-hydrogen) atoms. The van der Waals surface area contributed by atoms with Crippen molar-refractivity contribution in [1.29, 1.82) is 0 Å². The van der Waals surface area contributed by atoms with Crippen molar-refractivity contribution in [1.82, 2.24) is 9.97 Å². The molecule has 1 aromatic heterocycles. The number of halogens is 2. The Hall–Kier alpha value is -1.73. The Kier molecular flexibility index (Phi) is 3.68. The molecule has 0 bridgehead atoms. The second-order valence-electron chi connectivity index (χ2n) is 3.77. The predicted molar refractivity (Wildman–Crippen MR) is 69.0 cm³/mol. The van der Waals surface area contributed by atoms with E-state index in [1.165, 1.54) is 24.5 Å². The topological polar surface area (TPSA) is 72.0 Å². The van der Waals surface area contributed by atoms with Gasteiger partial charge in [-0.2, -0.15) is 0 Å². The van der Waals surface area contributed by atoms with E-state index in [-0.39, 0.29) is 11.0 Å². The van der Waals surface area contributed by atoms with Crippen LogP contribution < -0.4 is 4.72 Å². The van der Waals surface area contributed by atoms with Crippen LogP contribution in [0.4, 0.5) is 10.2 Å². The molecule has 100 valence electrons. The highest BCUT2D eigenvalue weighted by molar-refractivity contribution is 7.92. The van der Waals surface area contributed by atoms with E-state index in [0.29, 0.717) is 5.56 Å². The molecule has 0 unspecified atom stereocenters. The zero-order chi connectivity index (χ0) is 14.0. The van der Waals surface area contributed by atoms with Gasteiger partial charge < -0.3 is 0 Å². The summed E-state index contributed by atoms with van der Waals surface area (Å²) in [6.07, 6.45) is 2.43. The summed E-state index contributed by atoms with van der Waals surface area (Å²) in [6.45, 7) is 1.66. The number of sulfonamides is 1. The van der Waals surface area contributed by atoms with Crippen LogP contribution in [0.15, 0.2) is 35.5 Å². The number of benzene rings is 1. The molecule has 0 spiro atoms. The van der Waals surface area contributed by atoms with Gasteiger partial charge in [-0.3, -0.25) is 9.71 Å². The third-order valence-corrected chi connectivity index (χ3v) is 3.77. The molecule has 5 nitrogen and oxygen atoms in total. The molecule has 0 atom stereocenters. The Labute approximate surface area is 114 Å². The predicted octanol–water partition coefficient (Wildman–Crippen LogP) is 2.38. The highest BCUT2D eigenvalue weighted by Gasteiger charge is 2.20. The smallest absolute Gasteiger partial charge is 0.262 e. The molecule has 1 N–H and O–H groups in total. The van der Waals surface area contributed by atoms with Crippen LogP contribution in [-0.2, 0) is 10.0 Å². The van der Waals surface area contributed by atoms with Crippen molar-refractivity contribution in [3.8, 4) is 0 Å². The number of rotatable bonds is 3. The molecule has 0 aliphatic rings. The lowest BCUT2D eigenvalue weighted by molar-refractivity contribution is 0.569. The van der Waals surface area contributed by atoms with E-state index in [0.717, 1.165) is 6.07 Å². The summed E-state index contributed by atoms with van der Waals surface area (Å²) in [6, 6.07) is 3.80. The average molecular weight is 302 g/mol. The van der Waals surface area contributed by atoms with Gasteiger partial charge in [0.05, 0.1) is 12.4 Å². The number of aromatic nitrogens is 2. The normalized spacial score (nSPS) is 11.3. The summed E-state index contributed by atoms with van der Waals surface area (Å²) in [5, 5.41) is 0.0323. The molecule has 0 aliphatic carbocycles. The fraction of sp³-hybridized carbons (Fsp3) is 0.0909. The van der Waals surface area contributed by atoms with Crippen LogP contribution in [0.25, 0.3) is 0 Å². The fourth-order valence-electron chi connectivity index (χ4n) is 1.40. The first-order valence-electron chi connectivity index (χ1n) is 5.15. The lowest BCUT2D eigenvalue weighted by Crippen LogP contribution is -2.15. The average Bonchev–Trinajstić information content (AvgIpc) is 2.31.